The molecule has 0 fully saturated rings. The lowest BCUT2D eigenvalue weighted by molar-refractivity contribution is 0.0974. The summed E-state index contributed by atoms with van der Waals surface area (Å²) < 4.78 is 11.3. The van der Waals surface area contributed by atoms with Gasteiger partial charge in [0.05, 0.1) is 12.7 Å². The number of rotatable bonds is 4. The number of amides is 1. The van der Waals surface area contributed by atoms with Crippen LogP contribution in [0.2, 0.25) is 0 Å². The number of hydrogen-bond donors (Lipinski definition) is 2. The molecule has 4 rings (SSSR count). The summed E-state index contributed by atoms with van der Waals surface area (Å²) in [6, 6.07) is 17.0. The summed E-state index contributed by atoms with van der Waals surface area (Å²) in [5.41, 5.74) is 6.73. The number of nitrogens with one attached hydrogen (secondary N) is 2. The highest BCUT2D eigenvalue weighted by atomic mass is 32.1. The molecule has 0 saturated heterocycles. The van der Waals surface area contributed by atoms with E-state index in [1.165, 1.54) is 7.11 Å². The highest BCUT2D eigenvalue weighted by Gasteiger charge is 2.15. The van der Waals surface area contributed by atoms with Crippen LogP contribution in [0.5, 0.6) is 5.75 Å². The molecule has 32 heavy (non-hydrogen) atoms. The Morgan fingerprint density at radius 3 is 2.50 bits per heavy atom. The van der Waals surface area contributed by atoms with E-state index < -0.39 is 0 Å². The van der Waals surface area contributed by atoms with Gasteiger partial charge in [0.2, 0.25) is 5.89 Å². The number of aromatic nitrogens is 1. The third-order valence-corrected chi connectivity index (χ3v) is 5.30. The molecule has 0 unspecified atom stereocenters. The Labute approximate surface area is 191 Å². The number of anilines is 1. The zero-order chi connectivity index (χ0) is 22.8. The average molecular weight is 446 g/mol. The molecule has 0 spiro atoms. The average Bonchev–Trinajstić information content (AvgIpc) is 3.18. The number of methoxy groups -OCH3 is 1. The van der Waals surface area contributed by atoms with E-state index in [0.717, 1.165) is 39.0 Å². The summed E-state index contributed by atoms with van der Waals surface area (Å²) in [6.45, 7) is 5.93. The Balaban J connectivity index is 1.46. The van der Waals surface area contributed by atoms with Crippen molar-refractivity contribution in [1.29, 1.82) is 0 Å². The molecule has 2 N–H and O–H groups in total. The van der Waals surface area contributed by atoms with E-state index in [9.17, 15) is 4.79 Å². The van der Waals surface area contributed by atoms with Crippen LogP contribution in [0.4, 0.5) is 5.69 Å². The van der Waals surface area contributed by atoms with Crippen LogP contribution >= 0.6 is 12.2 Å². The number of para-hydroxylation sites is 1. The number of aryl methyl sites for hydroxylation is 3. The Kier molecular flexibility index (Phi) is 5.92. The highest BCUT2D eigenvalue weighted by Crippen LogP contribution is 2.28. The molecule has 1 aromatic heterocycles. The number of thiocarbonyl (C=S) groups is 1. The maximum absolute atomic E-state index is 12.6. The van der Waals surface area contributed by atoms with Gasteiger partial charge >= 0.3 is 0 Å². The van der Waals surface area contributed by atoms with Crippen LogP contribution in [0, 0.1) is 20.8 Å². The maximum Gasteiger partial charge on any atom is 0.261 e. The fraction of sp³-hybridized carbons (Fsp3) is 0.160. The lowest BCUT2D eigenvalue weighted by atomic mass is 10.1. The minimum absolute atomic E-state index is 0.194. The van der Waals surface area contributed by atoms with Crippen LogP contribution in [-0.2, 0) is 0 Å². The van der Waals surface area contributed by atoms with Crippen LogP contribution in [0.1, 0.15) is 27.0 Å². The van der Waals surface area contributed by atoms with Gasteiger partial charge in [-0.2, -0.15) is 0 Å². The van der Waals surface area contributed by atoms with Crippen molar-refractivity contribution in [2.75, 3.05) is 12.4 Å². The second-order valence-corrected chi connectivity index (χ2v) is 8.00. The minimum Gasteiger partial charge on any atom is -0.496 e. The number of oxazole rings is 1. The number of fused-ring (bicyclic) bond motifs is 1. The molecule has 0 aliphatic carbocycles. The fourth-order valence-corrected chi connectivity index (χ4v) is 3.84. The largest absolute Gasteiger partial charge is 0.496 e. The van der Waals surface area contributed by atoms with Crippen LogP contribution in [0.3, 0.4) is 0 Å². The van der Waals surface area contributed by atoms with Gasteiger partial charge in [0.15, 0.2) is 10.7 Å². The lowest BCUT2D eigenvalue weighted by Crippen LogP contribution is -2.34. The van der Waals surface area contributed by atoms with E-state index in [2.05, 4.69) is 21.7 Å². The number of nitrogens with zero attached hydrogens (tertiary/aromatic N) is 1. The molecule has 7 heteroatoms. The van der Waals surface area contributed by atoms with Crippen LogP contribution in [0.25, 0.3) is 22.6 Å². The molecule has 162 valence electrons. The first-order valence-electron chi connectivity index (χ1n) is 10.1. The van der Waals surface area contributed by atoms with Crippen molar-refractivity contribution in [3.63, 3.8) is 0 Å². The van der Waals surface area contributed by atoms with Crippen molar-refractivity contribution in [1.82, 2.24) is 10.3 Å². The Hall–Kier alpha value is -3.71. The molecule has 0 aliphatic heterocycles. The smallest absolute Gasteiger partial charge is 0.261 e. The number of carbonyl (C=O) groups excluding carboxylic acids is 1. The molecular formula is C25H23N3O3S. The molecule has 1 heterocycles. The first kappa shape index (κ1) is 21.5. The number of ether oxygens (including phenoxy) is 1. The Morgan fingerprint density at radius 2 is 1.78 bits per heavy atom. The number of carbonyl (C=O) groups is 1. The van der Waals surface area contributed by atoms with Crippen LogP contribution in [0.15, 0.2) is 59.0 Å². The van der Waals surface area contributed by atoms with Gasteiger partial charge in [0.25, 0.3) is 5.91 Å². The van der Waals surface area contributed by atoms with Gasteiger partial charge in [0.1, 0.15) is 11.3 Å². The second kappa shape index (κ2) is 8.80. The zero-order valence-corrected chi connectivity index (χ0v) is 19.1. The lowest BCUT2D eigenvalue weighted by Gasteiger charge is -2.13. The third kappa shape index (κ3) is 4.33. The van der Waals surface area contributed by atoms with E-state index >= 15 is 0 Å². The van der Waals surface area contributed by atoms with Crippen molar-refractivity contribution in [3.05, 3.63) is 76.9 Å². The van der Waals surface area contributed by atoms with Crippen molar-refractivity contribution in [2.24, 2.45) is 0 Å². The zero-order valence-electron chi connectivity index (χ0n) is 18.3. The van der Waals surface area contributed by atoms with Crippen molar-refractivity contribution in [2.45, 2.75) is 20.8 Å². The molecule has 3 aromatic carbocycles. The van der Waals surface area contributed by atoms with Crippen LogP contribution in [-0.4, -0.2) is 23.1 Å². The standard InChI is InChI=1S/C25H23N3O3S/c1-14-12-16(3)22-20(13-14)27-24(31-22)17-8-10-18(11-9-17)26-25(32)28-23(29)19-7-5-6-15(2)21(19)30-4/h5-13H,1-4H3,(H2,26,28,29,32). The third-order valence-electron chi connectivity index (χ3n) is 5.10. The molecule has 0 saturated carbocycles. The number of benzene rings is 3. The summed E-state index contributed by atoms with van der Waals surface area (Å²) in [7, 11) is 1.54. The summed E-state index contributed by atoms with van der Waals surface area (Å²) in [4.78, 5) is 17.2. The SMILES string of the molecule is COc1c(C)cccc1C(=O)NC(=S)Nc1ccc(-c2nc3cc(C)cc(C)c3o2)cc1. The van der Waals surface area contributed by atoms with E-state index in [-0.39, 0.29) is 11.0 Å². The van der Waals surface area contributed by atoms with Gasteiger partial charge in [-0.3, -0.25) is 10.1 Å². The number of hydrogen-bond acceptors (Lipinski definition) is 5. The highest BCUT2D eigenvalue weighted by molar-refractivity contribution is 7.80. The van der Waals surface area contributed by atoms with Gasteiger partial charge in [-0.15, -0.1) is 0 Å². The Morgan fingerprint density at radius 1 is 1.03 bits per heavy atom. The topological polar surface area (TPSA) is 76.4 Å². The summed E-state index contributed by atoms with van der Waals surface area (Å²) in [5.74, 6) is 0.750. The van der Waals surface area contributed by atoms with E-state index in [1.807, 2.05) is 57.2 Å². The summed E-state index contributed by atoms with van der Waals surface area (Å²) >= 11 is 5.31. The molecular weight excluding hydrogens is 422 g/mol. The monoisotopic (exact) mass is 445 g/mol. The fourth-order valence-electron chi connectivity index (χ4n) is 3.63. The van der Waals surface area contributed by atoms with Gasteiger partial charge in [0, 0.05) is 11.3 Å². The predicted molar refractivity (Wildman–Crippen MR) is 130 cm³/mol. The molecule has 6 nitrogen and oxygen atoms in total. The van der Waals surface area contributed by atoms with Crippen LogP contribution < -0.4 is 15.4 Å². The summed E-state index contributed by atoms with van der Waals surface area (Å²) in [5, 5.41) is 5.91. The first-order chi connectivity index (χ1) is 15.4. The second-order valence-electron chi connectivity index (χ2n) is 7.59. The molecule has 0 aliphatic rings. The summed E-state index contributed by atoms with van der Waals surface area (Å²) in [6.07, 6.45) is 0. The maximum atomic E-state index is 12.6. The normalized spacial score (nSPS) is 10.8. The molecule has 0 bridgehead atoms. The molecule has 0 radical (unpaired) electrons. The van der Waals surface area contributed by atoms with Gasteiger partial charge in [-0.1, -0.05) is 18.2 Å². The molecule has 1 amide bonds. The minimum atomic E-state index is -0.336. The Bertz CT molecular complexity index is 1330. The van der Waals surface area contributed by atoms with Crippen molar-refractivity contribution in [3.8, 4) is 17.2 Å². The van der Waals surface area contributed by atoms with Crippen molar-refractivity contribution < 1.29 is 13.9 Å². The van der Waals surface area contributed by atoms with Gasteiger partial charge < -0.3 is 14.5 Å². The molecule has 4 aromatic rings. The van der Waals surface area contributed by atoms with Gasteiger partial charge in [-0.05, 0) is 86.1 Å². The predicted octanol–water partition coefficient (Wildman–Crippen LogP) is 5.56. The quantitative estimate of drug-likeness (QED) is 0.401. The molecule has 0 atom stereocenters. The van der Waals surface area contributed by atoms with E-state index in [0.29, 0.717) is 17.2 Å². The van der Waals surface area contributed by atoms with Crippen molar-refractivity contribution >= 4 is 40.0 Å². The van der Waals surface area contributed by atoms with Gasteiger partial charge in [-0.25, -0.2) is 4.98 Å². The first-order valence-corrected chi connectivity index (χ1v) is 10.5. The van der Waals surface area contributed by atoms with E-state index in [4.69, 9.17) is 21.4 Å². The van der Waals surface area contributed by atoms with E-state index in [1.54, 1.807) is 12.1 Å².